The van der Waals surface area contributed by atoms with Gasteiger partial charge in [0.2, 0.25) is 0 Å². The van der Waals surface area contributed by atoms with Gasteiger partial charge in [-0.3, -0.25) is 13.9 Å². The predicted molar refractivity (Wildman–Crippen MR) is 152 cm³/mol. The van der Waals surface area contributed by atoms with Crippen LogP contribution >= 0.6 is 0 Å². The number of phenols is 2. The second-order valence-corrected chi connectivity index (χ2v) is 12.3. The van der Waals surface area contributed by atoms with E-state index in [4.69, 9.17) is 4.74 Å². The quantitative estimate of drug-likeness (QED) is 0.242. The molecule has 1 aliphatic rings. The molecule has 0 amide bonds. The molecule has 210 valence electrons. The number of carboxylic acid groups (broad SMARTS) is 1. The fraction of sp³-hybridized carbons (Fsp3) is 0.567. The highest BCUT2D eigenvalue weighted by Gasteiger charge is 2.42. The van der Waals surface area contributed by atoms with E-state index in [1.165, 1.54) is 0 Å². The number of carboxylic acids is 1. The van der Waals surface area contributed by atoms with E-state index in [1.54, 1.807) is 24.3 Å². The molecule has 0 saturated carbocycles. The van der Waals surface area contributed by atoms with Crippen molar-refractivity contribution in [3.05, 3.63) is 53.6 Å². The van der Waals surface area contributed by atoms with Crippen molar-refractivity contribution in [1.29, 1.82) is 0 Å². The summed E-state index contributed by atoms with van der Waals surface area (Å²) in [6.45, 7) is 6.13. The van der Waals surface area contributed by atoms with Crippen LogP contribution in [0.15, 0.2) is 42.5 Å². The number of nitrogens with zero attached hydrogens (tertiary/aromatic N) is 1. The average molecular weight is 546 g/mol. The minimum Gasteiger partial charge on any atom is -0.508 e. The molecule has 0 radical (unpaired) electrons. The number of aliphatic carboxylic acids is 1. The Morgan fingerprint density at radius 2 is 1.68 bits per heavy atom. The number of aromatic hydroxyl groups is 2. The van der Waals surface area contributed by atoms with Gasteiger partial charge in [-0.1, -0.05) is 51.3 Å². The third-order valence-electron chi connectivity index (χ3n) is 7.59. The van der Waals surface area contributed by atoms with E-state index >= 15 is 0 Å². The van der Waals surface area contributed by atoms with Crippen molar-refractivity contribution < 1.29 is 29.1 Å². The molecule has 2 aromatic rings. The molecule has 1 aliphatic heterocycles. The SMILES string of the molecule is CCCCS(=O)CCCN(CCCCCC1c2ccc(O)cc2OCC1(C)c1ccc(O)cc1)CC(=O)O. The summed E-state index contributed by atoms with van der Waals surface area (Å²) >= 11 is 0. The summed E-state index contributed by atoms with van der Waals surface area (Å²) in [4.78, 5) is 13.3. The van der Waals surface area contributed by atoms with E-state index in [0.29, 0.717) is 25.4 Å². The van der Waals surface area contributed by atoms with E-state index in [1.807, 2.05) is 23.1 Å². The summed E-state index contributed by atoms with van der Waals surface area (Å²) in [5.41, 5.74) is 1.89. The number of fused-ring (bicyclic) bond motifs is 1. The van der Waals surface area contributed by atoms with Gasteiger partial charge in [-0.05, 0) is 68.1 Å². The second kappa shape index (κ2) is 14.5. The van der Waals surface area contributed by atoms with Gasteiger partial charge in [0.25, 0.3) is 0 Å². The molecule has 2 aromatic carbocycles. The van der Waals surface area contributed by atoms with Crippen LogP contribution in [0.1, 0.15) is 75.8 Å². The number of rotatable bonds is 16. The molecule has 3 N–H and O–H groups in total. The molecule has 7 nitrogen and oxygen atoms in total. The molecule has 0 aromatic heterocycles. The van der Waals surface area contributed by atoms with E-state index in [0.717, 1.165) is 67.6 Å². The Labute approximate surface area is 229 Å². The standard InChI is InChI=1S/C30H43NO6S/c1-3-4-18-38(36)19-8-17-31(21-29(34)35)16-7-5-6-9-27-26-15-14-25(33)20-28(26)37-22-30(27,2)23-10-12-24(32)13-11-23/h10-15,20,27,32-33H,3-9,16-19,21-22H2,1-2H3,(H,34,35). The van der Waals surface area contributed by atoms with Crippen LogP contribution in [0.2, 0.25) is 0 Å². The van der Waals surface area contributed by atoms with E-state index in [2.05, 4.69) is 13.8 Å². The lowest BCUT2D eigenvalue weighted by Gasteiger charge is -2.43. The minimum atomic E-state index is -0.830. The van der Waals surface area contributed by atoms with Crippen molar-refractivity contribution in [2.45, 2.75) is 70.1 Å². The van der Waals surface area contributed by atoms with Crippen LogP contribution in [-0.4, -0.2) is 68.1 Å². The van der Waals surface area contributed by atoms with Crippen LogP contribution in [0.5, 0.6) is 17.2 Å². The number of unbranched alkanes of at least 4 members (excludes halogenated alkanes) is 3. The van der Waals surface area contributed by atoms with Gasteiger partial charge in [-0.15, -0.1) is 0 Å². The molecule has 0 saturated heterocycles. The Morgan fingerprint density at radius 3 is 2.39 bits per heavy atom. The summed E-state index contributed by atoms with van der Waals surface area (Å²) in [5, 5.41) is 29.1. The Hall–Kier alpha value is -2.58. The molecule has 1 heterocycles. The molecule has 3 rings (SSSR count). The second-order valence-electron chi connectivity index (χ2n) is 10.6. The highest BCUT2D eigenvalue weighted by atomic mass is 32.2. The Balaban J connectivity index is 1.58. The lowest BCUT2D eigenvalue weighted by molar-refractivity contribution is -0.138. The molecular formula is C30H43NO6S. The summed E-state index contributed by atoms with van der Waals surface area (Å²) < 4.78 is 18.2. The van der Waals surface area contributed by atoms with Gasteiger partial charge in [-0.25, -0.2) is 0 Å². The molecule has 0 spiro atoms. The fourth-order valence-electron chi connectivity index (χ4n) is 5.39. The lowest BCUT2D eigenvalue weighted by atomic mass is 9.66. The molecule has 8 heteroatoms. The Morgan fingerprint density at radius 1 is 1.00 bits per heavy atom. The van der Waals surface area contributed by atoms with Gasteiger partial charge >= 0.3 is 5.97 Å². The van der Waals surface area contributed by atoms with Crippen LogP contribution in [0.4, 0.5) is 0 Å². The van der Waals surface area contributed by atoms with E-state index < -0.39 is 16.8 Å². The number of ether oxygens (including phenoxy) is 1. The monoisotopic (exact) mass is 545 g/mol. The van der Waals surface area contributed by atoms with Gasteiger partial charge < -0.3 is 20.1 Å². The first-order chi connectivity index (χ1) is 18.2. The third kappa shape index (κ3) is 8.46. The normalized spacial score (nSPS) is 19.6. The number of phenolic OH excluding ortho intramolecular Hbond substituents is 2. The number of carbonyl (C=O) groups is 1. The van der Waals surface area contributed by atoms with Crippen LogP contribution in [0, 0.1) is 0 Å². The third-order valence-corrected chi connectivity index (χ3v) is 9.08. The van der Waals surface area contributed by atoms with E-state index in [9.17, 15) is 24.3 Å². The van der Waals surface area contributed by atoms with Crippen molar-refractivity contribution in [2.75, 3.05) is 37.7 Å². The average Bonchev–Trinajstić information content (AvgIpc) is 2.88. The zero-order chi connectivity index (χ0) is 27.5. The molecule has 3 unspecified atom stereocenters. The Kier molecular flexibility index (Phi) is 11.5. The van der Waals surface area contributed by atoms with Gasteiger partial charge in [0.05, 0.1) is 13.2 Å². The van der Waals surface area contributed by atoms with Crippen molar-refractivity contribution in [1.82, 2.24) is 4.90 Å². The maximum absolute atomic E-state index is 12.1. The number of benzene rings is 2. The van der Waals surface area contributed by atoms with Gasteiger partial charge in [0, 0.05) is 39.7 Å². The maximum Gasteiger partial charge on any atom is 0.317 e. The molecule has 0 bridgehead atoms. The van der Waals surface area contributed by atoms with Crippen molar-refractivity contribution in [3.63, 3.8) is 0 Å². The topological polar surface area (TPSA) is 107 Å². The van der Waals surface area contributed by atoms with Crippen LogP contribution in [0.3, 0.4) is 0 Å². The molecular weight excluding hydrogens is 502 g/mol. The summed E-state index contributed by atoms with van der Waals surface area (Å²) in [6.07, 6.45) is 6.51. The number of hydrogen-bond acceptors (Lipinski definition) is 6. The smallest absolute Gasteiger partial charge is 0.317 e. The largest absolute Gasteiger partial charge is 0.508 e. The van der Waals surface area contributed by atoms with Crippen LogP contribution in [-0.2, 0) is 21.0 Å². The molecule has 0 aliphatic carbocycles. The number of hydrogen-bond donors (Lipinski definition) is 3. The highest BCUT2D eigenvalue weighted by Crippen LogP contribution is 2.49. The molecule has 0 fully saturated rings. The van der Waals surface area contributed by atoms with Gasteiger partial charge in [0.15, 0.2) is 0 Å². The van der Waals surface area contributed by atoms with Gasteiger partial charge in [-0.2, -0.15) is 0 Å². The zero-order valence-corrected chi connectivity index (χ0v) is 23.5. The molecule has 3 atom stereocenters. The summed E-state index contributed by atoms with van der Waals surface area (Å²) in [7, 11) is -0.819. The van der Waals surface area contributed by atoms with E-state index in [-0.39, 0.29) is 29.4 Å². The molecule has 38 heavy (non-hydrogen) atoms. The first-order valence-corrected chi connectivity index (χ1v) is 15.3. The predicted octanol–water partition coefficient (Wildman–Crippen LogP) is 5.42. The Bertz CT molecular complexity index is 1060. The van der Waals surface area contributed by atoms with Crippen LogP contribution in [0.25, 0.3) is 0 Å². The highest BCUT2D eigenvalue weighted by molar-refractivity contribution is 7.84. The first kappa shape index (κ1) is 30.0. The van der Waals surface area contributed by atoms with Crippen molar-refractivity contribution >= 4 is 16.8 Å². The van der Waals surface area contributed by atoms with Crippen LogP contribution < -0.4 is 4.74 Å². The van der Waals surface area contributed by atoms with Crippen molar-refractivity contribution in [2.24, 2.45) is 0 Å². The maximum atomic E-state index is 12.1. The fourth-order valence-corrected chi connectivity index (χ4v) is 6.65. The minimum absolute atomic E-state index is 0.0113. The summed E-state index contributed by atoms with van der Waals surface area (Å²) in [5.74, 6) is 1.83. The lowest BCUT2D eigenvalue weighted by Crippen LogP contribution is -2.40. The zero-order valence-electron chi connectivity index (χ0n) is 22.7. The summed E-state index contributed by atoms with van der Waals surface area (Å²) in [6, 6.07) is 12.7. The first-order valence-electron chi connectivity index (χ1n) is 13.8. The van der Waals surface area contributed by atoms with Gasteiger partial charge in [0.1, 0.15) is 17.2 Å². The van der Waals surface area contributed by atoms with Crippen molar-refractivity contribution in [3.8, 4) is 17.2 Å².